The molecule has 1 saturated heterocycles. The van der Waals surface area contributed by atoms with Gasteiger partial charge in [-0.1, -0.05) is 11.6 Å². The van der Waals surface area contributed by atoms with Crippen molar-refractivity contribution < 1.29 is 8.42 Å². The molecular formula is C14H16Cl2N2O2S. The summed E-state index contributed by atoms with van der Waals surface area (Å²) in [5.74, 6) is 1.11. The Morgan fingerprint density at radius 3 is 2.71 bits per heavy atom. The van der Waals surface area contributed by atoms with Crippen molar-refractivity contribution in [3.8, 4) is 0 Å². The van der Waals surface area contributed by atoms with Crippen LogP contribution in [0.15, 0.2) is 18.2 Å². The molecule has 7 heteroatoms. The normalized spacial score (nSPS) is 23.7. The summed E-state index contributed by atoms with van der Waals surface area (Å²) in [5, 5.41) is 0.603. The largest absolute Gasteiger partial charge is 0.322 e. The van der Waals surface area contributed by atoms with Crippen LogP contribution in [0.3, 0.4) is 0 Å². The number of benzene rings is 1. The molecule has 0 bridgehead atoms. The second-order valence-corrected chi connectivity index (χ2v) is 9.29. The Morgan fingerprint density at radius 1 is 1.43 bits per heavy atom. The lowest BCUT2D eigenvalue weighted by Crippen LogP contribution is -2.35. The van der Waals surface area contributed by atoms with Crippen LogP contribution in [0, 0.1) is 0 Å². The molecule has 0 spiro atoms. The number of aromatic nitrogens is 2. The Hall–Kier alpha value is -0.780. The first-order valence-corrected chi connectivity index (χ1v) is 9.29. The van der Waals surface area contributed by atoms with Gasteiger partial charge in [0.25, 0.3) is 0 Å². The zero-order chi connectivity index (χ0) is 15.4. The van der Waals surface area contributed by atoms with E-state index in [0.29, 0.717) is 17.3 Å². The Labute approximate surface area is 134 Å². The van der Waals surface area contributed by atoms with E-state index in [4.69, 9.17) is 23.2 Å². The molecule has 3 rings (SSSR count). The number of alkyl halides is 1. The molecule has 1 aliphatic heterocycles. The van der Waals surface area contributed by atoms with Crippen molar-refractivity contribution in [3.05, 3.63) is 29.0 Å². The van der Waals surface area contributed by atoms with Gasteiger partial charge in [-0.2, -0.15) is 0 Å². The third-order valence-corrected chi connectivity index (χ3v) is 7.54. The zero-order valence-electron chi connectivity index (χ0n) is 11.8. The van der Waals surface area contributed by atoms with Crippen LogP contribution in [-0.2, 0) is 15.7 Å². The van der Waals surface area contributed by atoms with E-state index in [1.54, 1.807) is 26.0 Å². The van der Waals surface area contributed by atoms with E-state index in [1.165, 1.54) is 0 Å². The zero-order valence-corrected chi connectivity index (χ0v) is 14.1. The lowest BCUT2D eigenvalue weighted by atomic mass is 10.0. The predicted octanol–water partition coefficient (Wildman–Crippen LogP) is 3.57. The van der Waals surface area contributed by atoms with Crippen LogP contribution in [0.4, 0.5) is 0 Å². The maximum absolute atomic E-state index is 12.3. The minimum atomic E-state index is -3.12. The third-order valence-electron chi connectivity index (χ3n) is 4.42. The third kappa shape index (κ3) is 2.17. The molecule has 0 aliphatic carbocycles. The standard InChI is InChI=1S/C14H16Cl2N2O2S/c1-14(2)12(5-6-21(14,19)20)18-11-4-3-9(16)7-10(11)17-13(18)8-15/h3-4,7,12H,5-6,8H2,1-2H3/t12-/m1/s1. The number of halogens is 2. The average Bonchev–Trinajstić information content (AvgIpc) is 2.85. The monoisotopic (exact) mass is 346 g/mol. The topological polar surface area (TPSA) is 52.0 Å². The Morgan fingerprint density at radius 2 is 2.14 bits per heavy atom. The van der Waals surface area contributed by atoms with Crippen LogP contribution in [0.25, 0.3) is 11.0 Å². The first-order valence-electron chi connectivity index (χ1n) is 6.72. The summed E-state index contributed by atoms with van der Waals surface area (Å²) in [7, 11) is -3.12. The average molecular weight is 347 g/mol. The Bertz CT molecular complexity index is 812. The first kappa shape index (κ1) is 15.1. The Kier molecular flexibility index (Phi) is 3.50. The number of hydrogen-bond donors (Lipinski definition) is 0. The fraction of sp³-hybridized carbons (Fsp3) is 0.500. The van der Waals surface area contributed by atoms with Gasteiger partial charge in [0.2, 0.25) is 0 Å². The molecule has 2 aromatic rings. The molecule has 1 aromatic carbocycles. The minimum Gasteiger partial charge on any atom is -0.322 e. The molecule has 0 saturated carbocycles. The van der Waals surface area contributed by atoms with Crippen molar-refractivity contribution in [2.24, 2.45) is 0 Å². The van der Waals surface area contributed by atoms with Crippen molar-refractivity contribution in [1.82, 2.24) is 9.55 Å². The van der Waals surface area contributed by atoms with Crippen LogP contribution in [0.1, 0.15) is 32.1 Å². The highest BCUT2D eigenvalue weighted by Gasteiger charge is 2.49. The summed E-state index contributed by atoms with van der Waals surface area (Å²) < 4.78 is 25.7. The highest BCUT2D eigenvalue weighted by atomic mass is 35.5. The van der Waals surface area contributed by atoms with Crippen LogP contribution in [-0.4, -0.2) is 28.5 Å². The molecule has 0 unspecified atom stereocenters. The minimum absolute atomic E-state index is 0.164. The number of nitrogens with zero attached hydrogens (tertiary/aromatic N) is 2. The second kappa shape index (κ2) is 4.86. The van der Waals surface area contributed by atoms with E-state index in [1.807, 2.05) is 10.6 Å². The summed E-state index contributed by atoms with van der Waals surface area (Å²) in [6.45, 7) is 3.56. The molecule has 0 radical (unpaired) electrons. The molecule has 0 amide bonds. The van der Waals surface area contributed by atoms with Crippen molar-refractivity contribution in [3.63, 3.8) is 0 Å². The van der Waals surface area contributed by atoms with Crippen LogP contribution >= 0.6 is 23.2 Å². The lowest BCUT2D eigenvalue weighted by molar-refractivity contribution is 0.411. The molecule has 0 N–H and O–H groups in total. The lowest BCUT2D eigenvalue weighted by Gasteiger charge is -2.28. The number of fused-ring (bicyclic) bond motifs is 1. The summed E-state index contributed by atoms with van der Waals surface area (Å²) in [4.78, 5) is 4.50. The van der Waals surface area contributed by atoms with Gasteiger partial charge in [-0.05, 0) is 38.5 Å². The van der Waals surface area contributed by atoms with Crippen molar-refractivity contribution >= 4 is 44.1 Å². The van der Waals surface area contributed by atoms with E-state index < -0.39 is 14.6 Å². The van der Waals surface area contributed by atoms with E-state index in [-0.39, 0.29) is 17.7 Å². The van der Waals surface area contributed by atoms with Gasteiger partial charge in [-0.3, -0.25) is 0 Å². The van der Waals surface area contributed by atoms with Gasteiger partial charge in [-0.15, -0.1) is 11.6 Å². The van der Waals surface area contributed by atoms with Gasteiger partial charge in [-0.25, -0.2) is 13.4 Å². The van der Waals surface area contributed by atoms with Gasteiger partial charge >= 0.3 is 0 Å². The molecule has 114 valence electrons. The van der Waals surface area contributed by atoms with Crippen molar-refractivity contribution in [1.29, 1.82) is 0 Å². The van der Waals surface area contributed by atoms with Gasteiger partial charge < -0.3 is 4.57 Å². The maximum atomic E-state index is 12.3. The van der Waals surface area contributed by atoms with E-state index in [0.717, 1.165) is 11.0 Å². The molecular weight excluding hydrogens is 331 g/mol. The number of rotatable bonds is 2. The quantitative estimate of drug-likeness (QED) is 0.781. The van der Waals surface area contributed by atoms with Crippen molar-refractivity contribution in [2.45, 2.75) is 36.9 Å². The molecule has 1 fully saturated rings. The van der Waals surface area contributed by atoms with Crippen LogP contribution in [0.5, 0.6) is 0 Å². The van der Waals surface area contributed by atoms with E-state index in [2.05, 4.69) is 4.98 Å². The summed E-state index contributed by atoms with van der Waals surface area (Å²) >= 11 is 12.0. The highest BCUT2D eigenvalue weighted by Crippen LogP contribution is 2.43. The summed E-state index contributed by atoms with van der Waals surface area (Å²) in [5.41, 5.74) is 1.63. The number of hydrogen-bond acceptors (Lipinski definition) is 3. The van der Waals surface area contributed by atoms with Crippen molar-refractivity contribution in [2.75, 3.05) is 5.75 Å². The molecule has 21 heavy (non-hydrogen) atoms. The van der Waals surface area contributed by atoms with Gasteiger partial charge in [0.1, 0.15) is 5.82 Å². The fourth-order valence-electron chi connectivity index (χ4n) is 3.09. The summed E-state index contributed by atoms with van der Waals surface area (Å²) in [6, 6.07) is 5.28. The number of sulfone groups is 1. The number of imidazole rings is 1. The van der Waals surface area contributed by atoms with Gasteiger partial charge in [0, 0.05) is 5.02 Å². The maximum Gasteiger partial charge on any atom is 0.157 e. The highest BCUT2D eigenvalue weighted by molar-refractivity contribution is 7.93. The summed E-state index contributed by atoms with van der Waals surface area (Å²) in [6.07, 6.45) is 0.577. The predicted molar refractivity (Wildman–Crippen MR) is 85.8 cm³/mol. The molecule has 1 aromatic heterocycles. The molecule has 2 heterocycles. The first-order chi connectivity index (χ1) is 9.78. The van der Waals surface area contributed by atoms with Crippen LogP contribution < -0.4 is 0 Å². The smallest absolute Gasteiger partial charge is 0.157 e. The molecule has 4 nitrogen and oxygen atoms in total. The molecule has 1 aliphatic rings. The SMILES string of the molecule is CC1(C)[C@H](n2c(CCl)nc3cc(Cl)ccc32)CCS1(=O)=O. The van der Waals surface area contributed by atoms with Crippen LogP contribution in [0.2, 0.25) is 5.02 Å². The van der Waals surface area contributed by atoms with Gasteiger partial charge in [0.05, 0.1) is 33.5 Å². The fourth-order valence-corrected chi connectivity index (χ4v) is 5.14. The molecule has 1 atom stereocenters. The second-order valence-electron chi connectivity index (χ2n) is 5.89. The van der Waals surface area contributed by atoms with Gasteiger partial charge in [0.15, 0.2) is 9.84 Å². The Balaban J connectivity index is 2.25. The van der Waals surface area contributed by atoms with E-state index in [9.17, 15) is 8.42 Å². The van der Waals surface area contributed by atoms with E-state index >= 15 is 0 Å².